The molecule has 3 aromatic rings. The van der Waals surface area contributed by atoms with Crippen LogP contribution in [-0.2, 0) is 6.54 Å². The van der Waals surface area contributed by atoms with E-state index in [4.69, 9.17) is 0 Å². The minimum atomic E-state index is 0.777. The molecule has 0 fully saturated rings. The zero-order valence-electron chi connectivity index (χ0n) is 11.2. The molecular formula is C14H15N5S. The van der Waals surface area contributed by atoms with E-state index in [1.54, 1.807) is 23.7 Å². The van der Waals surface area contributed by atoms with Gasteiger partial charge in [-0.25, -0.2) is 0 Å². The van der Waals surface area contributed by atoms with Crippen molar-refractivity contribution in [2.24, 2.45) is 0 Å². The molecule has 1 aromatic carbocycles. The first-order chi connectivity index (χ1) is 9.86. The summed E-state index contributed by atoms with van der Waals surface area (Å²) in [6.45, 7) is 3.92. The van der Waals surface area contributed by atoms with E-state index in [9.17, 15) is 0 Å². The normalized spacial score (nSPS) is 11.1. The van der Waals surface area contributed by atoms with Crippen molar-refractivity contribution in [2.75, 3.05) is 6.54 Å². The zero-order chi connectivity index (χ0) is 13.8. The van der Waals surface area contributed by atoms with E-state index in [1.165, 1.54) is 0 Å². The number of nitrogens with one attached hydrogen (secondary N) is 1. The SMILES string of the molecule is CCCNCc1nnc(-c2ccc3nccnc3c2)s1. The highest BCUT2D eigenvalue weighted by Crippen LogP contribution is 2.25. The molecule has 0 bridgehead atoms. The molecule has 2 heterocycles. The van der Waals surface area contributed by atoms with E-state index in [0.717, 1.165) is 46.1 Å². The number of benzene rings is 1. The summed E-state index contributed by atoms with van der Waals surface area (Å²) in [5, 5.41) is 13.7. The van der Waals surface area contributed by atoms with Gasteiger partial charge in [0.1, 0.15) is 10.0 Å². The summed E-state index contributed by atoms with van der Waals surface area (Å²) in [5.41, 5.74) is 2.81. The van der Waals surface area contributed by atoms with Gasteiger partial charge in [0, 0.05) is 24.5 Å². The second kappa shape index (κ2) is 6.02. The van der Waals surface area contributed by atoms with Gasteiger partial charge in [-0.1, -0.05) is 18.3 Å². The molecule has 0 aliphatic rings. The molecule has 0 spiro atoms. The molecule has 6 heteroatoms. The molecule has 0 atom stereocenters. The van der Waals surface area contributed by atoms with Crippen LogP contribution in [0.5, 0.6) is 0 Å². The number of hydrogen-bond donors (Lipinski definition) is 1. The Balaban J connectivity index is 1.83. The predicted molar refractivity (Wildman–Crippen MR) is 80.4 cm³/mol. The van der Waals surface area contributed by atoms with Gasteiger partial charge in [0.05, 0.1) is 11.0 Å². The third kappa shape index (κ3) is 2.81. The van der Waals surface area contributed by atoms with Crippen LogP contribution in [-0.4, -0.2) is 26.7 Å². The van der Waals surface area contributed by atoms with Crippen LogP contribution in [0.3, 0.4) is 0 Å². The second-order valence-electron chi connectivity index (χ2n) is 4.44. The predicted octanol–water partition coefficient (Wildman–Crippen LogP) is 2.65. The van der Waals surface area contributed by atoms with Crippen molar-refractivity contribution in [3.05, 3.63) is 35.6 Å². The fourth-order valence-electron chi connectivity index (χ4n) is 1.91. The van der Waals surface area contributed by atoms with Crippen molar-refractivity contribution < 1.29 is 0 Å². The first-order valence-corrected chi connectivity index (χ1v) is 7.42. The van der Waals surface area contributed by atoms with Gasteiger partial charge in [0.15, 0.2) is 0 Å². The van der Waals surface area contributed by atoms with Crippen LogP contribution >= 0.6 is 11.3 Å². The second-order valence-corrected chi connectivity index (χ2v) is 5.50. The molecule has 0 aliphatic carbocycles. The summed E-state index contributed by atoms with van der Waals surface area (Å²) in [4.78, 5) is 8.58. The molecule has 0 radical (unpaired) electrons. The fourth-order valence-corrected chi connectivity index (χ4v) is 2.72. The van der Waals surface area contributed by atoms with Crippen LogP contribution in [0.15, 0.2) is 30.6 Å². The Hall–Kier alpha value is -1.92. The van der Waals surface area contributed by atoms with Crippen LogP contribution in [0.1, 0.15) is 18.4 Å². The van der Waals surface area contributed by atoms with E-state index in [0.29, 0.717) is 0 Å². The zero-order valence-corrected chi connectivity index (χ0v) is 12.0. The molecule has 0 saturated carbocycles. The highest BCUT2D eigenvalue weighted by atomic mass is 32.1. The Morgan fingerprint density at radius 2 is 1.95 bits per heavy atom. The standard InChI is InChI=1S/C14H15N5S/c1-2-5-15-9-13-18-19-14(20-13)10-3-4-11-12(8-10)17-7-6-16-11/h3-4,6-8,15H,2,5,9H2,1H3. The minimum Gasteiger partial charge on any atom is -0.310 e. The van der Waals surface area contributed by atoms with Crippen LogP contribution in [0.2, 0.25) is 0 Å². The highest BCUT2D eigenvalue weighted by Gasteiger charge is 2.07. The lowest BCUT2D eigenvalue weighted by atomic mass is 10.2. The minimum absolute atomic E-state index is 0.777. The summed E-state index contributed by atoms with van der Waals surface area (Å²) in [7, 11) is 0. The van der Waals surface area contributed by atoms with Crippen molar-refractivity contribution in [1.29, 1.82) is 0 Å². The Morgan fingerprint density at radius 3 is 2.80 bits per heavy atom. The van der Waals surface area contributed by atoms with Gasteiger partial charge in [-0.3, -0.25) is 9.97 Å². The largest absolute Gasteiger partial charge is 0.310 e. The van der Waals surface area contributed by atoms with E-state index < -0.39 is 0 Å². The van der Waals surface area contributed by atoms with Crippen molar-refractivity contribution in [2.45, 2.75) is 19.9 Å². The van der Waals surface area contributed by atoms with Crippen molar-refractivity contribution in [3.8, 4) is 10.6 Å². The van der Waals surface area contributed by atoms with Gasteiger partial charge >= 0.3 is 0 Å². The van der Waals surface area contributed by atoms with Gasteiger partial charge in [-0.05, 0) is 31.2 Å². The smallest absolute Gasteiger partial charge is 0.147 e. The van der Waals surface area contributed by atoms with Crippen LogP contribution in [0, 0.1) is 0 Å². The summed E-state index contributed by atoms with van der Waals surface area (Å²) < 4.78 is 0. The molecular weight excluding hydrogens is 270 g/mol. The van der Waals surface area contributed by atoms with Crippen LogP contribution < -0.4 is 5.32 Å². The molecule has 1 N–H and O–H groups in total. The average molecular weight is 285 g/mol. The lowest BCUT2D eigenvalue weighted by Gasteiger charge is -1.98. The number of aromatic nitrogens is 4. The van der Waals surface area contributed by atoms with E-state index in [1.807, 2.05) is 18.2 Å². The van der Waals surface area contributed by atoms with Gasteiger partial charge in [0.2, 0.25) is 0 Å². The Kier molecular flexibility index (Phi) is 3.94. The Bertz CT molecular complexity index is 709. The lowest BCUT2D eigenvalue weighted by molar-refractivity contribution is 0.668. The maximum absolute atomic E-state index is 4.32. The Morgan fingerprint density at radius 1 is 1.10 bits per heavy atom. The summed E-state index contributed by atoms with van der Waals surface area (Å²) in [6.07, 6.45) is 4.52. The van der Waals surface area contributed by atoms with Gasteiger partial charge < -0.3 is 5.32 Å². The highest BCUT2D eigenvalue weighted by molar-refractivity contribution is 7.14. The fraction of sp³-hybridized carbons (Fsp3) is 0.286. The third-order valence-corrected chi connectivity index (χ3v) is 3.86. The Labute approximate surface area is 121 Å². The van der Waals surface area contributed by atoms with Crippen LogP contribution in [0.4, 0.5) is 0 Å². The van der Waals surface area contributed by atoms with E-state index in [2.05, 4.69) is 32.4 Å². The third-order valence-electron chi connectivity index (χ3n) is 2.89. The monoisotopic (exact) mass is 285 g/mol. The molecule has 0 unspecified atom stereocenters. The summed E-state index contributed by atoms with van der Waals surface area (Å²) >= 11 is 1.61. The number of hydrogen-bond acceptors (Lipinski definition) is 6. The molecule has 5 nitrogen and oxygen atoms in total. The van der Waals surface area contributed by atoms with Gasteiger partial charge in [0.25, 0.3) is 0 Å². The topological polar surface area (TPSA) is 63.6 Å². The first-order valence-electron chi connectivity index (χ1n) is 6.61. The molecule has 2 aromatic heterocycles. The average Bonchev–Trinajstić information content (AvgIpc) is 2.96. The molecule has 102 valence electrons. The summed E-state index contributed by atoms with van der Waals surface area (Å²) in [5.74, 6) is 0. The molecule has 3 rings (SSSR count). The quantitative estimate of drug-likeness (QED) is 0.730. The molecule has 0 aliphatic heterocycles. The van der Waals surface area contributed by atoms with Crippen molar-refractivity contribution in [3.63, 3.8) is 0 Å². The van der Waals surface area contributed by atoms with Crippen molar-refractivity contribution >= 4 is 22.4 Å². The first kappa shape index (κ1) is 13.1. The summed E-state index contributed by atoms with van der Waals surface area (Å²) in [6, 6.07) is 5.99. The molecule has 20 heavy (non-hydrogen) atoms. The van der Waals surface area contributed by atoms with Gasteiger partial charge in [-0.2, -0.15) is 0 Å². The maximum atomic E-state index is 4.32. The number of nitrogens with zero attached hydrogens (tertiary/aromatic N) is 4. The molecule has 0 saturated heterocycles. The van der Waals surface area contributed by atoms with Crippen molar-refractivity contribution in [1.82, 2.24) is 25.5 Å². The maximum Gasteiger partial charge on any atom is 0.147 e. The lowest BCUT2D eigenvalue weighted by Crippen LogP contribution is -2.13. The van der Waals surface area contributed by atoms with Gasteiger partial charge in [-0.15, -0.1) is 10.2 Å². The van der Waals surface area contributed by atoms with Crippen LogP contribution in [0.25, 0.3) is 21.6 Å². The number of rotatable bonds is 5. The van der Waals surface area contributed by atoms with E-state index >= 15 is 0 Å². The molecule has 0 amide bonds. The van der Waals surface area contributed by atoms with E-state index in [-0.39, 0.29) is 0 Å². The number of fused-ring (bicyclic) bond motifs is 1.